The fourth-order valence-electron chi connectivity index (χ4n) is 2.47. The predicted molar refractivity (Wildman–Crippen MR) is 75.3 cm³/mol. The van der Waals surface area contributed by atoms with Gasteiger partial charge in [0.25, 0.3) is 0 Å². The number of halogens is 1. The number of rotatable bonds is 4. The number of benzene rings is 1. The van der Waals surface area contributed by atoms with E-state index in [1.54, 1.807) is 13.2 Å². The van der Waals surface area contributed by atoms with Gasteiger partial charge in [-0.2, -0.15) is 0 Å². The molecule has 1 saturated heterocycles. The zero-order valence-corrected chi connectivity index (χ0v) is 11.4. The second-order valence-electron chi connectivity index (χ2n) is 4.79. The Labute approximate surface area is 117 Å². The van der Waals surface area contributed by atoms with Crippen LogP contribution >= 0.6 is 0 Å². The topological polar surface area (TPSA) is 49.8 Å². The largest absolute Gasteiger partial charge is 0.478 e. The number of aliphatic carboxylic acids is 1. The molecule has 0 aliphatic carbocycles. The maximum atomic E-state index is 13.9. The van der Waals surface area contributed by atoms with E-state index >= 15 is 0 Å². The number of anilines is 1. The van der Waals surface area contributed by atoms with Crippen molar-refractivity contribution in [2.24, 2.45) is 0 Å². The first-order valence-corrected chi connectivity index (χ1v) is 6.59. The molecule has 1 aromatic carbocycles. The monoisotopic (exact) mass is 279 g/mol. The lowest BCUT2D eigenvalue weighted by Crippen LogP contribution is -2.39. The Morgan fingerprint density at radius 2 is 2.35 bits per heavy atom. The molecule has 0 aromatic heterocycles. The highest BCUT2D eigenvalue weighted by Gasteiger charge is 2.22. The van der Waals surface area contributed by atoms with Crippen LogP contribution in [0.15, 0.2) is 24.3 Å². The Bertz CT molecular complexity index is 516. The van der Waals surface area contributed by atoms with Crippen LogP contribution in [0.2, 0.25) is 0 Å². The summed E-state index contributed by atoms with van der Waals surface area (Å²) in [5, 5.41) is 8.70. The standard InChI is InChI=1S/C15H18FNO3/c1-20-11-4-3-9-17(10-11)14-6-2-5-13(16)12(14)7-8-15(18)19/h2,5-8,11H,3-4,9-10H2,1H3,(H,18,19)/b8-7+. The Morgan fingerprint density at radius 1 is 1.55 bits per heavy atom. The first kappa shape index (κ1) is 14.5. The van der Waals surface area contributed by atoms with Crippen molar-refractivity contribution in [3.05, 3.63) is 35.7 Å². The van der Waals surface area contributed by atoms with Crippen LogP contribution in [0.5, 0.6) is 0 Å². The molecule has 0 amide bonds. The van der Waals surface area contributed by atoms with Crippen LogP contribution in [-0.4, -0.2) is 37.4 Å². The fourth-order valence-corrected chi connectivity index (χ4v) is 2.47. The summed E-state index contributed by atoms with van der Waals surface area (Å²) in [5.41, 5.74) is 1.02. The van der Waals surface area contributed by atoms with Gasteiger partial charge in [0.2, 0.25) is 0 Å². The number of methoxy groups -OCH3 is 1. The van der Waals surface area contributed by atoms with Crippen molar-refractivity contribution in [1.29, 1.82) is 0 Å². The fraction of sp³-hybridized carbons (Fsp3) is 0.400. The molecule has 1 atom stereocenters. The normalized spacial score (nSPS) is 19.5. The summed E-state index contributed by atoms with van der Waals surface area (Å²) in [6.45, 7) is 1.51. The van der Waals surface area contributed by atoms with Gasteiger partial charge in [-0.25, -0.2) is 9.18 Å². The van der Waals surface area contributed by atoms with Gasteiger partial charge < -0.3 is 14.7 Å². The van der Waals surface area contributed by atoms with Gasteiger partial charge in [-0.3, -0.25) is 0 Å². The Kier molecular flexibility index (Phi) is 4.74. The van der Waals surface area contributed by atoms with Gasteiger partial charge >= 0.3 is 5.97 Å². The zero-order chi connectivity index (χ0) is 14.5. The third-order valence-corrected chi connectivity index (χ3v) is 3.47. The number of carbonyl (C=O) groups is 1. The van der Waals surface area contributed by atoms with Gasteiger partial charge in [0, 0.05) is 37.5 Å². The smallest absolute Gasteiger partial charge is 0.328 e. The van der Waals surface area contributed by atoms with Gasteiger partial charge in [-0.05, 0) is 31.1 Å². The van der Waals surface area contributed by atoms with Crippen LogP contribution in [0.4, 0.5) is 10.1 Å². The molecule has 20 heavy (non-hydrogen) atoms. The first-order chi connectivity index (χ1) is 9.61. The summed E-state index contributed by atoms with van der Waals surface area (Å²) < 4.78 is 19.3. The van der Waals surface area contributed by atoms with Gasteiger partial charge in [-0.15, -0.1) is 0 Å². The summed E-state index contributed by atoms with van der Waals surface area (Å²) in [4.78, 5) is 12.7. The molecule has 5 heteroatoms. The van der Waals surface area contributed by atoms with E-state index in [4.69, 9.17) is 9.84 Å². The van der Waals surface area contributed by atoms with E-state index in [0.717, 1.165) is 25.5 Å². The first-order valence-electron chi connectivity index (χ1n) is 6.59. The Hall–Kier alpha value is -1.88. The molecule has 0 saturated carbocycles. The van der Waals surface area contributed by atoms with Crippen LogP contribution < -0.4 is 4.90 Å². The minimum Gasteiger partial charge on any atom is -0.478 e. The van der Waals surface area contributed by atoms with E-state index in [2.05, 4.69) is 0 Å². The zero-order valence-electron chi connectivity index (χ0n) is 11.4. The molecule has 0 spiro atoms. The predicted octanol–water partition coefficient (Wildman–Crippen LogP) is 2.54. The third-order valence-electron chi connectivity index (χ3n) is 3.47. The van der Waals surface area contributed by atoms with E-state index in [9.17, 15) is 9.18 Å². The highest BCUT2D eigenvalue weighted by Crippen LogP contribution is 2.28. The number of ether oxygens (including phenoxy) is 1. The van der Waals surface area contributed by atoms with E-state index in [1.165, 1.54) is 12.1 Å². The average molecular weight is 279 g/mol. The Morgan fingerprint density at radius 3 is 3.05 bits per heavy atom. The van der Waals surface area contributed by atoms with Crippen molar-refractivity contribution in [3.63, 3.8) is 0 Å². The van der Waals surface area contributed by atoms with Crippen molar-refractivity contribution >= 4 is 17.7 Å². The van der Waals surface area contributed by atoms with Crippen molar-refractivity contribution in [1.82, 2.24) is 0 Å². The molecular formula is C15H18FNO3. The van der Waals surface area contributed by atoms with Gasteiger partial charge in [0.05, 0.1) is 6.10 Å². The minimum atomic E-state index is -1.09. The van der Waals surface area contributed by atoms with E-state index in [0.29, 0.717) is 17.8 Å². The minimum absolute atomic E-state index is 0.128. The van der Waals surface area contributed by atoms with E-state index in [1.807, 2.05) is 11.0 Å². The molecule has 1 N–H and O–H groups in total. The molecule has 1 aromatic rings. The summed E-state index contributed by atoms with van der Waals surface area (Å²) in [5.74, 6) is -1.51. The average Bonchev–Trinajstić information content (AvgIpc) is 2.45. The summed E-state index contributed by atoms with van der Waals surface area (Å²) in [7, 11) is 1.67. The van der Waals surface area contributed by atoms with Crippen LogP contribution in [-0.2, 0) is 9.53 Å². The van der Waals surface area contributed by atoms with Crippen LogP contribution in [0.1, 0.15) is 18.4 Å². The lowest BCUT2D eigenvalue weighted by molar-refractivity contribution is -0.131. The highest BCUT2D eigenvalue weighted by molar-refractivity contribution is 5.87. The van der Waals surface area contributed by atoms with Gasteiger partial charge in [0.1, 0.15) is 5.82 Å². The maximum Gasteiger partial charge on any atom is 0.328 e. The van der Waals surface area contributed by atoms with Crippen LogP contribution in [0, 0.1) is 5.82 Å². The molecule has 0 bridgehead atoms. The van der Waals surface area contributed by atoms with Crippen molar-refractivity contribution in [2.45, 2.75) is 18.9 Å². The number of hydrogen-bond donors (Lipinski definition) is 1. The quantitative estimate of drug-likeness (QED) is 0.860. The number of carboxylic acid groups (broad SMARTS) is 1. The molecule has 1 aliphatic heterocycles. The molecule has 1 unspecified atom stereocenters. The summed E-state index contributed by atoms with van der Waals surface area (Å²) in [6.07, 6.45) is 4.35. The molecule has 4 nitrogen and oxygen atoms in total. The molecule has 0 radical (unpaired) electrons. The molecular weight excluding hydrogens is 261 g/mol. The van der Waals surface area contributed by atoms with E-state index < -0.39 is 11.8 Å². The second-order valence-corrected chi connectivity index (χ2v) is 4.79. The maximum absolute atomic E-state index is 13.9. The summed E-state index contributed by atoms with van der Waals surface area (Å²) in [6, 6.07) is 4.78. The van der Waals surface area contributed by atoms with Crippen molar-refractivity contribution < 1.29 is 19.0 Å². The van der Waals surface area contributed by atoms with Crippen LogP contribution in [0.25, 0.3) is 6.08 Å². The van der Waals surface area contributed by atoms with E-state index in [-0.39, 0.29) is 6.10 Å². The lowest BCUT2D eigenvalue weighted by Gasteiger charge is -2.34. The number of piperidine rings is 1. The van der Waals surface area contributed by atoms with Crippen molar-refractivity contribution in [3.8, 4) is 0 Å². The highest BCUT2D eigenvalue weighted by atomic mass is 19.1. The molecule has 1 aliphatic rings. The molecule has 108 valence electrons. The van der Waals surface area contributed by atoms with Gasteiger partial charge in [-0.1, -0.05) is 6.07 Å². The summed E-state index contributed by atoms with van der Waals surface area (Å²) >= 11 is 0. The number of hydrogen-bond acceptors (Lipinski definition) is 3. The SMILES string of the molecule is COC1CCCN(c2cccc(F)c2/C=C/C(=O)O)C1. The molecule has 1 fully saturated rings. The molecule has 1 heterocycles. The van der Waals surface area contributed by atoms with Crippen LogP contribution in [0.3, 0.4) is 0 Å². The second kappa shape index (κ2) is 6.52. The number of carboxylic acids is 1. The van der Waals surface area contributed by atoms with Gasteiger partial charge in [0.15, 0.2) is 0 Å². The van der Waals surface area contributed by atoms with Crippen molar-refractivity contribution in [2.75, 3.05) is 25.1 Å². The Balaban J connectivity index is 2.30. The third kappa shape index (κ3) is 3.36. The number of nitrogens with zero attached hydrogens (tertiary/aromatic N) is 1. The molecule has 2 rings (SSSR count). The lowest BCUT2D eigenvalue weighted by atomic mass is 10.0.